The van der Waals surface area contributed by atoms with Crippen molar-refractivity contribution in [1.82, 2.24) is 19.7 Å². The van der Waals surface area contributed by atoms with Crippen LogP contribution < -0.4 is 0 Å². The molecule has 0 radical (unpaired) electrons. The molecule has 4 atom stereocenters. The Labute approximate surface area is 105 Å². The summed E-state index contributed by atoms with van der Waals surface area (Å²) in [5.74, 6) is 0. The van der Waals surface area contributed by atoms with E-state index in [1.165, 1.54) is 17.2 Å². The molecule has 0 amide bonds. The summed E-state index contributed by atoms with van der Waals surface area (Å²) in [6.07, 6.45) is -2.21. The minimum absolute atomic E-state index is 0.364. The van der Waals surface area contributed by atoms with Crippen molar-refractivity contribution in [3.05, 3.63) is 17.2 Å². The third kappa shape index (κ3) is 1.56. The van der Waals surface area contributed by atoms with Crippen LogP contribution in [0.5, 0.6) is 0 Å². The van der Waals surface area contributed by atoms with Crippen LogP contribution in [0, 0.1) is 4.64 Å². The Morgan fingerprint density at radius 1 is 1.33 bits per heavy atom. The highest BCUT2D eigenvalue weighted by atomic mass is 32.1. The monoisotopic (exact) mass is 270 g/mol. The molecule has 0 aromatic carbocycles. The molecule has 0 unspecified atom stereocenters. The number of hydrogen-bond donors (Lipinski definition) is 4. The van der Waals surface area contributed by atoms with Gasteiger partial charge >= 0.3 is 0 Å². The van der Waals surface area contributed by atoms with Gasteiger partial charge in [0.1, 0.15) is 22.5 Å². The van der Waals surface area contributed by atoms with Crippen molar-refractivity contribution in [3.8, 4) is 0 Å². The van der Waals surface area contributed by atoms with Crippen molar-refractivity contribution in [3.63, 3.8) is 0 Å². The number of aliphatic hydroxyl groups is 3. The first kappa shape index (κ1) is 11.7. The summed E-state index contributed by atoms with van der Waals surface area (Å²) in [6.45, 7) is 0. The molecule has 2 aromatic heterocycles. The van der Waals surface area contributed by atoms with Crippen LogP contribution in [-0.4, -0.2) is 53.6 Å². The lowest BCUT2D eigenvalue weighted by Gasteiger charge is -2.15. The summed E-state index contributed by atoms with van der Waals surface area (Å²) in [4.78, 5) is 6.74. The van der Waals surface area contributed by atoms with Crippen LogP contribution in [0.15, 0.2) is 12.5 Å². The van der Waals surface area contributed by atoms with Gasteiger partial charge in [0.15, 0.2) is 12.5 Å². The van der Waals surface area contributed by atoms with E-state index in [0.717, 1.165) is 0 Å². The topological polar surface area (TPSA) is 116 Å². The average molecular weight is 270 g/mol. The van der Waals surface area contributed by atoms with Gasteiger partial charge in [-0.2, -0.15) is 5.10 Å². The Bertz CT molecular complexity index is 641. The smallest absolute Gasteiger partial charge is 0.186 e. The lowest BCUT2D eigenvalue weighted by molar-refractivity contribution is -0.143. The highest BCUT2D eigenvalue weighted by Gasteiger charge is 2.43. The average Bonchev–Trinajstić information content (AvgIpc) is 2.88. The summed E-state index contributed by atoms with van der Waals surface area (Å²) in [7, 11) is 0. The molecule has 4 N–H and O–H groups in total. The number of rotatable bonds is 1. The quantitative estimate of drug-likeness (QED) is 0.494. The minimum Gasteiger partial charge on any atom is -0.385 e. The van der Waals surface area contributed by atoms with Gasteiger partial charge in [0.2, 0.25) is 0 Å². The molecule has 3 heterocycles. The van der Waals surface area contributed by atoms with E-state index < -0.39 is 24.7 Å². The van der Waals surface area contributed by atoms with Gasteiger partial charge < -0.3 is 25.0 Å². The summed E-state index contributed by atoms with van der Waals surface area (Å²) >= 11 is 5.03. The van der Waals surface area contributed by atoms with Gasteiger partial charge in [0.25, 0.3) is 0 Å². The van der Waals surface area contributed by atoms with Gasteiger partial charge in [0, 0.05) is 0 Å². The van der Waals surface area contributed by atoms with Crippen molar-refractivity contribution in [2.75, 3.05) is 0 Å². The van der Waals surface area contributed by atoms with Crippen LogP contribution in [0.25, 0.3) is 11.0 Å². The summed E-state index contributed by atoms with van der Waals surface area (Å²) in [5.41, 5.74) is 0.500. The first-order valence-electron chi connectivity index (χ1n) is 5.20. The van der Waals surface area contributed by atoms with Gasteiger partial charge in [0.05, 0.1) is 17.9 Å². The molecule has 1 fully saturated rings. The Hall–Kier alpha value is -1.39. The molecule has 96 valence electrons. The zero-order valence-corrected chi connectivity index (χ0v) is 9.78. The number of fused-ring (bicyclic) bond motifs is 1. The highest BCUT2D eigenvalue weighted by molar-refractivity contribution is 7.71. The molecular weight excluding hydrogens is 260 g/mol. The lowest BCUT2D eigenvalue weighted by atomic mass is 10.2. The number of ether oxygens (including phenoxy) is 1. The number of nitrogens with one attached hydrogen (secondary N) is 1. The van der Waals surface area contributed by atoms with Crippen molar-refractivity contribution < 1.29 is 20.1 Å². The van der Waals surface area contributed by atoms with E-state index in [9.17, 15) is 15.3 Å². The van der Waals surface area contributed by atoms with Crippen LogP contribution in [0.1, 0.15) is 6.23 Å². The van der Waals surface area contributed by atoms with Gasteiger partial charge in [-0.1, -0.05) is 12.2 Å². The third-order valence-electron chi connectivity index (χ3n) is 2.86. The van der Waals surface area contributed by atoms with E-state index in [2.05, 4.69) is 15.1 Å². The second-order valence-corrected chi connectivity index (χ2v) is 4.34. The molecule has 8 nitrogen and oxygen atoms in total. The molecule has 1 aliphatic heterocycles. The Morgan fingerprint density at radius 3 is 2.78 bits per heavy atom. The Morgan fingerprint density at radius 2 is 2.11 bits per heavy atom. The summed E-state index contributed by atoms with van der Waals surface area (Å²) in [5, 5.41) is 33.2. The van der Waals surface area contributed by atoms with Crippen LogP contribution >= 0.6 is 12.2 Å². The SMILES string of the molecule is O[C@H]1[C@H](O)[C@H](n2ncc3c(=S)nc[nH]c32)O[C@H]1O. The zero-order chi connectivity index (χ0) is 12.9. The van der Waals surface area contributed by atoms with Crippen LogP contribution in [0.4, 0.5) is 0 Å². The largest absolute Gasteiger partial charge is 0.385 e. The third-order valence-corrected chi connectivity index (χ3v) is 3.19. The maximum absolute atomic E-state index is 9.78. The van der Waals surface area contributed by atoms with Crippen LogP contribution in [0.3, 0.4) is 0 Å². The number of hydrogen-bond acceptors (Lipinski definition) is 7. The van der Waals surface area contributed by atoms with Crippen molar-refractivity contribution in [1.29, 1.82) is 0 Å². The predicted molar refractivity (Wildman–Crippen MR) is 60.9 cm³/mol. The summed E-state index contributed by atoms with van der Waals surface area (Å²) in [6, 6.07) is 0. The van der Waals surface area contributed by atoms with E-state index in [0.29, 0.717) is 15.7 Å². The van der Waals surface area contributed by atoms with E-state index in [1.54, 1.807) is 0 Å². The van der Waals surface area contributed by atoms with Gasteiger partial charge in [-0.3, -0.25) is 0 Å². The normalized spacial score (nSPS) is 32.2. The maximum Gasteiger partial charge on any atom is 0.186 e. The number of nitrogens with zero attached hydrogens (tertiary/aromatic N) is 3. The molecule has 9 heteroatoms. The molecule has 0 saturated carbocycles. The van der Waals surface area contributed by atoms with Crippen molar-refractivity contribution >= 4 is 23.3 Å². The van der Waals surface area contributed by atoms with Crippen LogP contribution in [0.2, 0.25) is 0 Å². The molecule has 2 aromatic rings. The first-order chi connectivity index (χ1) is 8.59. The first-order valence-corrected chi connectivity index (χ1v) is 5.61. The van der Waals surface area contributed by atoms with E-state index in [4.69, 9.17) is 17.0 Å². The lowest BCUT2D eigenvalue weighted by Crippen LogP contribution is -2.31. The Balaban J connectivity index is 2.11. The molecule has 1 aliphatic rings. The fourth-order valence-electron chi connectivity index (χ4n) is 1.92. The standard InChI is InChI=1S/C9H10N4O4S/c14-4-5(15)9(16)17-8(4)13-6-3(1-12-13)7(18)11-2-10-6/h1-2,4-5,8-9,14-16H,(H,10,11,18)/t4-,5-,8+,9+/m0/s1. The molecule has 3 rings (SSSR count). The number of aliphatic hydroxyl groups excluding tert-OH is 3. The minimum atomic E-state index is -1.45. The molecule has 18 heavy (non-hydrogen) atoms. The van der Waals surface area contributed by atoms with E-state index in [1.807, 2.05) is 0 Å². The van der Waals surface area contributed by atoms with Gasteiger partial charge in [-0.15, -0.1) is 0 Å². The number of aromatic nitrogens is 4. The molecule has 1 saturated heterocycles. The second kappa shape index (κ2) is 4.07. The fraction of sp³-hybridized carbons (Fsp3) is 0.444. The zero-order valence-electron chi connectivity index (χ0n) is 8.96. The summed E-state index contributed by atoms with van der Waals surface area (Å²) < 4.78 is 6.74. The van der Waals surface area contributed by atoms with E-state index >= 15 is 0 Å². The fourth-order valence-corrected chi connectivity index (χ4v) is 2.12. The van der Waals surface area contributed by atoms with E-state index in [-0.39, 0.29) is 0 Å². The molecular formula is C9H10N4O4S. The van der Waals surface area contributed by atoms with Gasteiger partial charge in [-0.25, -0.2) is 9.67 Å². The predicted octanol–water partition coefficient (Wildman–Crippen LogP) is -0.942. The van der Waals surface area contributed by atoms with Crippen molar-refractivity contribution in [2.24, 2.45) is 0 Å². The van der Waals surface area contributed by atoms with Gasteiger partial charge in [-0.05, 0) is 0 Å². The van der Waals surface area contributed by atoms with Crippen LogP contribution in [-0.2, 0) is 4.74 Å². The second-order valence-electron chi connectivity index (χ2n) is 3.96. The number of H-pyrrole nitrogens is 1. The molecule has 0 spiro atoms. The maximum atomic E-state index is 9.78. The van der Waals surface area contributed by atoms with Crippen molar-refractivity contribution in [2.45, 2.75) is 24.7 Å². The number of aromatic amines is 1. The molecule has 0 bridgehead atoms. The highest BCUT2D eigenvalue weighted by Crippen LogP contribution is 2.29. The Kier molecular flexibility index (Phi) is 2.64. The molecule has 0 aliphatic carbocycles.